The maximum Gasteiger partial charge on any atom is 0.247 e. The molecule has 0 aliphatic carbocycles. The lowest BCUT2D eigenvalue weighted by molar-refractivity contribution is -0.115. The number of aryl methyl sites for hydroxylation is 1. The summed E-state index contributed by atoms with van der Waals surface area (Å²) in [7, 11) is 3.44. The Morgan fingerprint density at radius 1 is 1.37 bits per heavy atom. The number of carbonyl (C=O) groups excluding carboxylic acids is 1. The monoisotopic (exact) mass is 406 g/mol. The first-order valence-electron chi connectivity index (χ1n) is 9.68. The topological polar surface area (TPSA) is 101 Å². The molecule has 7 nitrogen and oxygen atoms in total. The molecule has 2 aromatic rings. The highest BCUT2D eigenvalue weighted by atomic mass is 16.5. The molecule has 0 radical (unpaired) electrons. The van der Waals surface area contributed by atoms with Crippen molar-refractivity contribution in [3.05, 3.63) is 57.9 Å². The van der Waals surface area contributed by atoms with Crippen molar-refractivity contribution in [3.8, 4) is 17.7 Å². The van der Waals surface area contributed by atoms with E-state index < -0.39 is 11.3 Å². The number of nitrogens with two attached hydrogens (primary N) is 1. The number of carbonyl (C=O) groups is 1. The number of hydrogen-bond acceptors (Lipinski definition) is 6. The lowest BCUT2D eigenvalue weighted by atomic mass is 9.66. The molecule has 0 spiro atoms. The van der Waals surface area contributed by atoms with Crippen LogP contribution in [-0.4, -0.2) is 31.7 Å². The molecular weight excluding hydrogens is 380 g/mol. The predicted octanol–water partition coefficient (Wildman–Crippen LogP) is 3.18. The molecule has 1 atom stereocenters. The first-order valence-corrected chi connectivity index (χ1v) is 9.68. The quantitative estimate of drug-likeness (QED) is 0.818. The highest BCUT2D eigenvalue weighted by Crippen LogP contribution is 2.54. The summed E-state index contributed by atoms with van der Waals surface area (Å²) in [6, 6.07) is 7.30. The number of nitrogens with zero attached hydrogens (tertiary/aromatic N) is 3. The van der Waals surface area contributed by atoms with Crippen molar-refractivity contribution in [3.63, 3.8) is 0 Å². The average Bonchev–Trinajstić information content (AvgIpc) is 2.72. The summed E-state index contributed by atoms with van der Waals surface area (Å²) in [6.45, 7) is 8.07. The van der Waals surface area contributed by atoms with E-state index in [1.165, 1.54) is 7.11 Å². The number of nitriles is 1. The molecule has 0 bridgehead atoms. The second-order valence-electron chi connectivity index (χ2n) is 7.44. The van der Waals surface area contributed by atoms with Crippen LogP contribution in [0.4, 0.5) is 5.69 Å². The maximum absolute atomic E-state index is 12.8. The minimum Gasteiger partial charge on any atom is -0.496 e. The molecule has 0 saturated carbocycles. The van der Waals surface area contributed by atoms with Crippen molar-refractivity contribution < 1.29 is 14.3 Å². The molecule has 7 heteroatoms. The first-order chi connectivity index (χ1) is 14.2. The van der Waals surface area contributed by atoms with Gasteiger partial charge in [-0.2, -0.15) is 5.26 Å². The van der Waals surface area contributed by atoms with E-state index in [1.807, 2.05) is 39.6 Å². The molecule has 0 saturated heterocycles. The fourth-order valence-corrected chi connectivity index (χ4v) is 4.40. The summed E-state index contributed by atoms with van der Waals surface area (Å²) in [5.41, 5.74) is 9.85. The van der Waals surface area contributed by atoms with Crippen LogP contribution in [0.1, 0.15) is 43.0 Å². The Labute approximate surface area is 176 Å². The van der Waals surface area contributed by atoms with Gasteiger partial charge < -0.3 is 20.1 Å². The number of aromatic nitrogens is 1. The van der Waals surface area contributed by atoms with Crippen LogP contribution in [0.5, 0.6) is 11.6 Å². The Balaban J connectivity index is 2.52. The van der Waals surface area contributed by atoms with Crippen LogP contribution in [0, 0.1) is 18.3 Å². The third kappa shape index (κ3) is 2.96. The molecule has 3 rings (SSSR count). The summed E-state index contributed by atoms with van der Waals surface area (Å²) >= 11 is 0. The summed E-state index contributed by atoms with van der Waals surface area (Å²) in [6.07, 6.45) is 1.76. The minimum atomic E-state index is -0.999. The molecule has 0 unspecified atom stereocenters. The fourth-order valence-electron chi connectivity index (χ4n) is 4.40. The Kier molecular flexibility index (Phi) is 5.45. The predicted molar refractivity (Wildman–Crippen MR) is 115 cm³/mol. The van der Waals surface area contributed by atoms with Gasteiger partial charge in [-0.3, -0.25) is 4.79 Å². The first kappa shape index (κ1) is 21.2. The molecular formula is C23H26N4O3. The largest absolute Gasteiger partial charge is 0.496 e. The number of pyridine rings is 1. The van der Waals surface area contributed by atoms with Crippen molar-refractivity contribution in [2.45, 2.75) is 33.1 Å². The number of fused-ring (bicyclic) bond motifs is 1. The number of hydrogen-bond donors (Lipinski definition) is 1. The van der Waals surface area contributed by atoms with Crippen LogP contribution in [0.25, 0.3) is 0 Å². The SMILES string of the molecule is CCOc1ncc(C)c2c1[C@](C)(c1ccc(C#N)cc1OC)C(C(N)=O)=C(C)N2C. The Bertz CT molecular complexity index is 1100. The van der Waals surface area contributed by atoms with Crippen LogP contribution < -0.4 is 20.1 Å². The number of ether oxygens (including phenoxy) is 2. The van der Waals surface area contributed by atoms with Gasteiger partial charge in [0.05, 0.1) is 47.6 Å². The molecule has 2 N–H and O–H groups in total. The Morgan fingerprint density at radius 3 is 2.63 bits per heavy atom. The van der Waals surface area contributed by atoms with E-state index in [-0.39, 0.29) is 0 Å². The highest BCUT2D eigenvalue weighted by Gasteiger charge is 2.48. The zero-order valence-corrected chi connectivity index (χ0v) is 18.2. The van der Waals surface area contributed by atoms with Crippen molar-refractivity contribution in [2.75, 3.05) is 25.7 Å². The molecule has 1 amide bonds. The highest BCUT2D eigenvalue weighted by molar-refractivity contribution is 6.00. The number of methoxy groups -OCH3 is 1. The van der Waals surface area contributed by atoms with Gasteiger partial charge in [0.15, 0.2) is 0 Å². The summed E-state index contributed by atoms with van der Waals surface area (Å²) in [5, 5.41) is 9.32. The summed E-state index contributed by atoms with van der Waals surface area (Å²) in [5.74, 6) is 0.385. The van der Waals surface area contributed by atoms with Gasteiger partial charge in [-0.1, -0.05) is 6.07 Å². The molecule has 0 fully saturated rings. The second-order valence-corrected chi connectivity index (χ2v) is 7.44. The van der Waals surface area contributed by atoms with E-state index in [4.69, 9.17) is 15.2 Å². The van der Waals surface area contributed by atoms with Crippen molar-refractivity contribution in [2.24, 2.45) is 5.73 Å². The molecule has 156 valence electrons. The van der Waals surface area contributed by atoms with E-state index in [9.17, 15) is 10.1 Å². The average molecular weight is 406 g/mol. The number of allylic oxidation sites excluding steroid dienone is 1. The normalized spacial score (nSPS) is 18.0. The number of primary amides is 1. The second kappa shape index (κ2) is 7.71. The summed E-state index contributed by atoms with van der Waals surface area (Å²) in [4.78, 5) is 19.2. The van der Waals surface area contributed by atoms with Gasteiger partial charge in [-0.25, -0.2) is 4.98 Å². The van der Waals surface area contributed by atoms with Crippen LogP contribution >= 0.6 is 0 Å². The van der Waals surface area contributed by atoms with E-state index >= 15 is 0 Å². The van der Waals surface area contributed by atoms with Crippen molar-refractivity contribution in [1.82, 2.24) is 4.98 Å². The zero-order valence-electron chi connectivity index (χ0n) is 18.2. The van der Waals surface area contributed by atoms with Crippen molar-refractivity contribution >= 4 is 11.6 Å². The van der Waals surface area contributed by atoms with E-state index in [0.717, 1.165) is 22.5 Å². The number of rotatable bonds is 5. The smallest absolute Gasteiger partial charge is 0.247 e. The fraction of sp³-hybridized carbons (Fsp3) is 0.348. The molecule has 1 aromatic carbocycles. The van der Waals surface area contributed by atoms with Crippen LogP contribution in [0.3, 0.4) is 0 Å². The Morgan fingerprint density at radius 2 is 2.07 bits per heavy atom. The van der Waals surface area contributed by atoms with Crippen LogP contribution in [-0.2, 0) is 10.2 Å². The van der Waals surface area contributed by atoms with Gasteiger partial charge in [0.25, 0.3) is 0 Å². The lowest BCUT2D eigenvalue weighted by Crippen LogP contribution is -2.43. The molecule has 30 heavy (non-hydrogen) atoms. The van der Waals surface area contributed by atoms with Gasteiger partial charge >= 0.3 is 0 Å². The van der Waals surface area contributed by atoms with Gasteiger partial charge in [-0.05, 0) is 45.4 Å². The minimum absolute atomic E-state index is 0.418. The zero-order chi connectivity index (χ0) is 22.2. The standard InChI is InChI=1S/C23H26N4O3/c1-7-30-22-19-20(13(2)12-26-22)27(5)14(3)18(21(25)28)23(19,4)16-9-8-15(11-24)10-17(16)29-6/h8-10,12H,7H2,1-6H3,(H2,25,28)/t23-/m1/s1. The Hall–Kier alpha value is -3.53. The van der Waals surface area contributed by atoms with Crippen molar-refractivity contribution in [1.29, 1.82) is 5.26 Å². The summed E-state index contributed by atoms with van der Waals surface area (Å²) < 4.78 is 11.5. The van der Waals surface area contributed by atoms with Crippen LogP contribution in [0.2, 0.25) is 0 Å². The van der Waals surface area contributed by atoms with Gasteiger partial charge in [0.1, 0.15) is 5.75 Å². The third-order valence-electron chi connectivity index (χ3n) is 5.80. The van der Waals surface area contributed by atoms with Gasteiger partial charge in [-0.15, -0.1) is 0 Å². The van der Waals surface area contributed by atoms with E-state index in [2.05, 4.69) is 11.1 Å². The third-order valence-corrected chi connectivity index (χ3v) is 5.80. The molecule has 2 heterocycles. The van der Waals surface area contributed by atoms with E-state index in [1.54, 1.807) is 24.4 Å². The number of anilines is 1. The lowest BCUT2D eigenvalue weighted by Gasteiger charge is -2.43. The maximum atomic E-state index is 12.8. The van der Waals surface area contributed by atoms with Gasteiger partial charge in [0.2, 0.25) is 11.8 Å². The number of amides is 1. The molecule has 1 aliphatic rings. The molecule has 1 aromatic heterocycles. The molecule has 1 aliphatic heterocycles. The number of benzene rings is 1. The van der Waals surface area contributed by atoms with Gasteiger partial charge in [0, 0.05) is 24.5 Å². The van der Waals surface area contributed by atoms with E-state index in [0.29, 0.717) is 34.9 Å². The van der Waals surface area contributed by atoms with Crippen LogP contribution in [0.15, 0.2) is 35.7 Å².